The predicted octanol–water partition coefficient (Wildman–Crippen LogP) is 0.793. The van der Waals surface area contributed by atoms with Gasteiger partial charge in [0.15, 0.2) is 0 Å². The van der Waals surface area contributed by atoms with Gasteiger partial charge in [-0.2, -0.15) is 0 Å². The molecular weight excluding hydrogens is 186 g/mol. The van der Waals surface area contributed by atoms with Crippen LogP contribution in [0.15, 0.2) is 12.7 Å². The van der Waals surface area contributed by atoms with Gasteiger partial charge in [-0.25, -0.2) is 0 Å². The zero-order chi connectivity index (χ0) is 10.1. The summed E-state index contributed by atoms with van der Waals surface area (Å²) >= 11 is 1.51. The molecule has 0 saturated heterocycles. The lowest BCUT2D eigenvalue weighted by Gasteiger charge is -2.13. The fraction of sp³-hybridized carbons (Fsp3) is 0.667. The number of rotatable bonds is 7. The van der Waals surface area contributed by atoms with Crippen LogP contribution in [0.3, 0.4) is 0 Å². The van der Waals surface area contributed by atoms with Crippen LogP contribution in [0.4, 0.5) is 0 Å². The number of thioether (sulfide) groups is 1. The molecule has 0 saturated carbocycles. The van der Waals surface area contributed by atoms with Crippen molar-refractivity contribution < 1.29 is 9.90 Å². The van der Waals surface area contributed by atoms with Gasteiger partial charge in [0, 0.05) is 5.75 Å². The molecule has 1 unspecified atom stereocenters. The van der Waals surface area contributed by atoms with Gasteiger partial charge in [-0.05, 0) is 6.42 Å². The first-order valence-electron chi connectivity index (χ1n) is 4.33. The van der Waals surface area contributed by atoms with Gasteiger partial charge in [0.2, 0.25) is 5.91 Å². The van der Waals surface area contributed by atoms with Crippen LogP contribution in [0.2, 0.25) is 0 Å². The van der Waals surface area contributed by atoms with E-state index < -0.39 is 0 Å². The Bertz CT molecular complexity index is 158. The number of carbonyl (C=O) groups excluding carboxylic acids is 1. The molecule has 1 atom stereocenters. The summed E-state index contributed by atoms with van der Waals surface area (Å²) in [6.45, 7) is 5.50. The molecule has 0 aromatic carbocycles. The quantitative estimate of drug-likeness (QED) is 0.475. The molecule has 13 heavy (non-hydrogen) atoms. The van der Waals surface area contributed by atoms with E-state index in [9.17, 15) is 4.79 Å². The van der Waals surface area contributed by atoms with E-state index >= 15 is 0 Å². The molecule has 0 heterocycles. The van der Waals surface area contributed by atoms with Crippen molar-refractivity contribution >= 4 is 17.7 Å². The van der Waals surface area contributed by atoms with Crippen LogP contribution in [-0.4, -0.2) is 35.2 Å². The van der Waals surface area contributed by atoms with Crippen LogP contribution < -0.4 is 5.32 Å². The molecule has 76 valence electrons. The maximum Gasteiger partial charge on any atom is 0.230 e. The molecule has 4 heteroatoms. The molecule has 0 aliphatic rings. The zero-order valence-electron chi connectivity index (χ0n) is 7.95. The summed E-state index contributed by atoms with van der Waals surface area (Å²) in [6.07, 6.45) is 2.52. The van der Waals surface area contributed by atoms with Gasteiger partial charge in [0.1, 0.15) is 0 Å². The third-order valence-corrected chi connectivity index (χ3v) is 2.48. The number of amides is 1. The summed E-state index contributed by atoms with van der Waals surface area (Å²) < 4.78 is 0. The SMILES string of the molecule is C=CCSCC(=O)NC(CC)CO. The first kappa shape index (κ1) is 12.5. The fourth-order valence-electron chi connectivity index (χ4n) is 0.781. The second-order valence-corrected chi connectivity index (χ2v) is 3.69. The van der Waals surface area contributed by atoms with Crippen LogP contribution in [0.1, 0.15) is 13.3 Å². The van der Waals surface area contributed by atoms with Gasteiger partial charge >= 0.3 is 0 Å². The van der Waals surface area contributed by atoms with Crippen molar-refractivity contribution in [2.45, 2.75) is 19.4 Å². The van der Waals surface area contributed by atoms with E-state index in [1.807, 2.05) is 6.92 Å². The lowest BCUT2D eigenvalue weighted by atomic mass is 10.2. The number of aliphatic hydroxyl groups excluding tert-OH is 1. The van der Waals surface area contributed by atoms with Crippen molar-refractivity contribution in [3.63, 3.8) is 0 Å². The molecule has 0 aliphatic heterocycles. The molecule has 0 aliphatic carbocycles. The van der Waals surface area contributed by atoms with E-state index in [0.717, 1.165) is 12.2 Å². The first-order chi connectivity index (χ1) is 6.24. The van der Waals surface area contributed by atoms with E-state index in [1.54, 1.807) is 6.08 Å². The maximum atomic E-state index is 11.2. The number of nitrogens with one attached hydrogen (secondary N) is 1. The first-order valence-corrected chi connectivity index (χ1v) is 5.48. The van der Waals surface area contributed by atoms with Crippen LogP contribution in [0.25, 0.3) is 0 Å². The van der Waals surface area contributed by atoms with Gasteiger partial charge in [0.25, 0.3) is 0 Å². The highest BCUT2D eigenvalue weighted by molar-refractivity contribution is 8.00. The molecule has 0 rings (SSSR count). The highest BCUT2D eigenvalue weighted by Gasteiger charge is 2.07. The van der Waals surface area contributed by atoms with E-state index in [2.05, 4.69) is 11.9 Å². The second-order valence-electron chi connectivity index (χ2n) is 2.66. The summed E-state index contributed by atoms with van der Waals surface area (Å²) in [5.74, 6) is 1.19. The molecule has 0 fully saturated rings. The van der Waals surface area contributed by atoms with Gasteiger partial charge in [-0.3, -0.25) is 4.79 Å². The smallest absolute Gasteiger partial charge is 0.230 e. The monoisotopic (exact) mass is 203 g/mol. The molecule has 0 aromatic rings. The Morgan fingerprint density at radius 3 is 2.92 bits per heavy atom. The van der Waals surface area contributed by atoms with Crippen LogP contribution >= 0.6 is 11.8 Å². The molecule has 2 N–H and O–H groups in total. The number of aliphatic hydroxyl groups is 1. The minimum atomic E-state index is -0.100. The second kappa shape index (κ2) is 8.13. The Balaban J connectivity index is 3.53. The van der Waals surface area contributed by atoms with Gasteiger partial charge in [-0.15, -0.1) is 18.3 Å². The van der Waals surface area contributed by atoms with Crippen molar-refractivity contribution in [1.82, 2.24) is 5.32 Å². The molecule has 0 bridgehead atoms. The Morgan fingerprint density at radius 1 is 1.77 bits per heavy atom. The molecule has 0 radical (unpaired) electrons. The lowest BCUT2D eigenvalue weighted by Crippen LogP contribution is -2.38. The summed E-state index contributed by atoms with van der Waals surface area (Å²) in [7, 11) is 0. The number of carbonyl (C=O) groups is 1. The van der Waals surface area contributed by atoms with Gasteiger partial charge in [-0.1, -0.05) is 13.0 Å². The average molecular weight is 203 g/mol. The highest BCUT2D eigenvalue weighted by Crippen LogP contribution is 1.99. The van der Waals surface area contributed by atoms with E-state index in [0.29, 0.717) is 5.75 Å². The standard InChI is InChI=1S/C9H17NO2S/c1-3-5-13-7-9(12)10-8(4-2)6-11/h3,8,11H,1,4-7H2,2H3,(H,10,12). The summed E-state index contributed by atoms with van der Waals surface area (Å²) in [5, 5.41) is 11.5. The summed E-state index contributed by atoms with van der Waals surface area (Å²) in [4.78, 5) is 11.2. The van der Waals surface area contributed by atoms with Gasteiger partial charge in [0.05, 0.1) is 18.4 Å². The summed E-state index contributed by atoms with van der Waals surface area (Å²) in [5.41, 5.74) is 0. The van der Waals surface area contributed by atoms with E-state index in [-0.39, 0.29) is 18.6 Å². The third-order valence-electron chi connectivity index (χ3n) is 1.55. The van der Waals surface area contributed by atoms with Crippen LogP contribution in [0, 0.1) is 0 Å². The third kappa shape index (κ3) is 6.66. The van der Waals surface area contributed by atoms with Crippen molar-refractivity contribution in [3.05, 3.63) is 12.7 Å². The van der Waals surface area contributed by atoms with Crippen molar-refractivity contribution in [1.29, 1.82) is 0 Å². The van der Waals surface area contributed by atoms with Crippen molar-refractivity contribution in [3.8, 4) is 0 Å². The topological polar surface area (TPSA) is 49.3 Å². The molecule has 0 spiro atoms. The molecule has 0 aromatic heterocycles. The Hall–Kier alpha value is -0.480. The van der Waals surface area contributed by atoms with Crippen LogP contribution in [0.5, 0.6) is 0 Å². The molecular formula is C9H17NO2S. The highest BCUT2D eigenvalue weighted by atomic mass is 32.2. The fourth-order valence-corrected chi connectivity index (χ4v) is 1.33. The zero-order valence-corrected chi connectivity index (χ0v) is 8.77. The summed E-state index contributed by atoms with van der Waals surface area (Å²) in [6, 6.07) is -0.100. The van der Waals surface area contributed by atoms with E-state index in [1.165, 1.54) is 11.8 Å². The number of hydrogen-bond acceptors (Lipinski definition) is 3. The minimum Gasteiger partial charge on any atom is -0.394 e. The normalized spacial score (nSPS) is 12.2. The van der Waals surface area contributed by atoms with Crippen LogP contribution in [-0.2, 0) is 4.79 Å². The van der Waals surface area contributed by atoms with Crippen molar-refractivity contribution in [2.24, 2.45) is 0 Å². The largest absolute Gasteiger partial charge is 0.394 e. The predicted molar refractivity (Wildman–Crippen MR) is 56.8 cm³/mol. The van der Waals surface area contributed by atoms with Gasteiger partial charge < -0.3 is 10.4 Å². The van der Waals surface area contributed by atoms with Crippen molar-refractivity contribution in [2.75, 3.05) is 18.1 Å². The Kier molecular flexibility index (Phi) is 7.83. The molecule has 1 amide bonds. The number of hydrogen-bond donors (Lipinski definition) is 2. The Labute approximate surface area is 83.6 Å². The minimum absolute atomic E-state index is 0.00830. The van der Waals surface area contributed by atoms with E-state index in [4.69, 9.17) is 5.11 Å². The Morgan fingerprint density at radius 2 is 2.46 bits per heavy atom. The average Bonchev–Trinajstić information content (AvgIpc) is 2.14. The maximum absolute atomic E-state index is 11.2. The molecule has 3 nitrogen and oxygen atoms in total. The lowest BCUT2D eigenvalue weighted by molar-refractivity contribution is -0.119.